The van der Waals surface area contributed by atoms with Gasteiger partial charge in [-0.05, 0) is 44.5 Å². The summed E-state index contributed by atoms with van der Waals surface area (Å²) in [7, 11) is -2.82. The smallest absolute Gasteiger partial charge is 0.341 e. The molecule has 0 aromatic heterocycles. The van der Waals surface area contributed by atoms with Gasteiger partial charge < -0.3 is 10.2 Å². The molecular formula is C14H20F2N2O2S. The van der Waals surface area contributed by atoms with Crippen molar-refractivity contribution in [3.8, 4) is 0 Å². The van der Waals surface area contributed by atoms with Gasteiger partial charge >= 0.3 is 5.76 Å². The SMILES string of the molecule is CN(c1ccccc1S(=O)(=O)C(F)F)C1CCCNCC1. The standard InChI is InChI=1S/C14H20F2N2O2S/c1-18(11-5-4-9-17-10-8-11)12-6-2-3-7-13(12)21(19,20)14(15)16/h2-3,6-7,11,14,17H,4-5,8-10H2,1H3. The summed E-state index contributed by atoms with van der Waals surface area (Å²) in [6.45, 7) is 1.78. The lowest BCUT2D eigenvalue weighted by atomic mass is 10.1. The largest absolute Gasteiger partial charge is 0.371 e. The number of hydrogen-bond acceptors (Lipinski definition) is 4. The van der Waals surface area contributed by atoms with Gasteiger partial charge in [0, 0.05) is 13.1 Å². The van der Waals surface area contributed by atoms with Crippen molar-refractivity contribution in [1.29, 1.82) is 0 Å². The fraction of sp³-hybridized carbons (Fsp3) is 0.571. The molecule has 0 bridgehead atoms. The highest BCUT2D eigenvalue weighted by molar-refractivity contribution is 7.91. The topological polar surface area (TPSA) is 49.4 Å². The minimum atomic E-state index is -4.59. The van der Waals surface area contributed by atoms with E-state index in [1.54, 1.807) is 19.2 Å². The average molecular weight is 318 g/mol. The zero-order chi connectivity index (χ0) is 15.5. The summed E-state index contributed by atoms with van der Waals surface area (Å²) in [5.74, 6) is -3.40. The molecule has 1 aromatic carbocycles. The van der Waals surface area contributed by atoms with Crippen molar-refractivity contribution in [2.45, 2.75) is 36.0 Å². The highest BCUT2D eigenvalue weighted by Gasteiger charge is 2.31. The Morgan fingerprint density at radius 1 is 1.24 bits per heavy atom. The van der Waals surface area contributed by atoms with Crippen LogP contribution in [0.3, 0.4) is 0 Å². The fourth-order valence-electron chi connectivity index (χ4n) is 2.67. The monoisotopic (exact) mass is 318 g/mol. The summed E-state index contributed by atoms with van der Waals surface area (Å²) < 4.78 is 49.3. The van der Waals surface area contributed by atoms with Crippen LogP contribution in [0, 0.1) is 0 Å². The van der Waals surface area contributed by atoms with E-state index in [2.05, 4.69) is 5.32 Å². The summed E-state index contributed by atoms with van der Waals surface area (Å²) in [5.41, 5.74) is 0.352. The Balaban J connectivity index is 2.35. The molecule has 1 unspecified atom stereocenters. The summed E-state index contributed by atoms with van der Waals surface area (Å²) >= 11 is 0. The first-order valence-electron chi connectivity index (χ1n) is 6.99. The number of nitrogens with one attached hydrogen (secondary N) is 1. The zero-order valence-electron chi connectivity index (χ0n) is 11.9. The molecule has 0 aliphatic carbocycles. The van der Waals surface area contributed by atoms with Crippen molar-refractivity contribution >= 4 is 15.5 Å². The fourth-order valence-corrected chi connectivity index (χ4v) is 3.63. The molecule has 21 heavy (non-hydrogen) atoms. The number of alkyl halides is 2. The van der Waals surface area contributed by atoms with Gasteiger partial charge in [0.1, 0.15) is 0 Å². The van der Waals surface area contributed by atoms with Crippen LogP contribution in [0.2, 0.25) is 0 Å². The molecule has 1 fully saturated rings. The summed E-state index contributed by atoms with van der Waals surface area (Å²) in [6, 6.07) is 6.14. The van der Waals surface area contributed by atoms with Crippen LogP contribution in [-0.2, 0) is 9.84 Å². The number of anilines is 1. The van der Waals surface area contributed by atoms with Crippen LogP contribution in [0.25, 0.3) is 0 Å². The van der Waals surface area contributed by atoms with Crippen LogP contribution in [0.1, 0.15) is 19.3 Å². The van der Waals surface area contributed by atoms with E-state index >= 15 is 0 Å². The van der Waals surface area contributed by atoms with Crippen molar-refractivity contribution in [3.05, 3.63) is 24.3 Å². The Labute approximate surface area is 124 Å². The number of para-hydroxylation sites is 1. The van der Waals surface area contributed by atoms with Gasteiger partial charge in [-0.1, -0.05) is 12.1 Å². The van der Waals surface area contributed by atoms with Crippen molar-refractivity contribution in [3.63, 3.8) is 0 Å². The minimum absolute atomic E-state index is 0.147. The molecule has 0 amide bonds. The Hall–Kier alpha value is -1.21. The maximum atomic E-state index is 12.8. The maximum absolute atomic E-state index is 12.8. The first-order chi connectivity index (χ1) is 9.94. The normalized spacial score (nSPS) is 20.3. The Morgan fingerprint density at radius 2 is 1.95 bits per heavy atom. The second-order valence-electron chi connectivity index (χ2n) is 5.22. The van der Waals surface area contributed by atoms with Crippen molar-refractivity contribution in [2.24, 2.45) is 0 Å². The van der Waals surface area contributed by atoms with E-state index in [1.165, 1.54) is 12.1 Å². The first kappa shape index (κ1) is 16.2. The number of halogens is 2. The molecule has 0 spiro atoms. The second kappa shape index (κ2) is 6.70. The number of rotatable bonds is 4. The molecule has 4 nitrogen and oxygen atoms in total. The zero-order valence-corrected chi connectivity index (χ0v) is 12.7. The lowest BCUT2D eigenvalue weighted by Crippen LogP contribution is -2.33. The molecule has 0 saturated carbocycles. The minimum Gasteiger partial charge on any atom is -0.371 e. The quantitative estimate of drug-likeness (QED) is 0.925. The van der Waals surface area contributed by atoms with Crippen molar-refractivity contribution in [2.75, 3.05) is 25.0 Å². The molecule has 1 atom stereocenters. The van der Waals surface area contributed by atoms with Crippen LogP contribution >= 0.6 is 0 Å². The van der Waals surface area contributed by atoms with Crippen molar-refractivity contribution < 1.29 is 17.2 Å². The molecule has 1 aromatic rings. The van der Waals surface area contributed by atoms with Gasteiger partial charge in [-0.2, -0.15) is 8.78 Å². The van der Waals surface area contributed by atoms with Crippen molar-refractivity contribution in [1.82, 2.24) is 5.32 Å². The first-order valence-corrected chi connectivity index (χ1v) is 8.54. The van der Waals surface area contributed by atoms with Crippen LogP contribution in [0.5, 0.6) is 0 Å². The third-order valence-electron chi connectivity index (χ3n) is 3.88. The predicted octanol–water partition coefficient (Wildman–Crippen LogP) is 2.26. The van der Waals surface area contributed by atoms with Crippen LogP contribution < -0.4 is 10.2 Å². The molecule has 1 heterocycles. The number of nitrogens with zero attached hydrogens (tertiary/aromatic N) is 1. The molecule has 0 radical (unpaired) electrons. The third-order valence-corrected chi connectivity index (χ3v) is 5.31. The van der Waals surface area contributed by atoms with Gasteiger partial charge in [0.05, 0.1) is 10.6 Å². The van der Waals surface area contributed by atoms with Gasteiger partial charge in [0.2, 0.25) is 9.84 Å². The third kappa shape index (κ3) is 3.52. The van der Waals surface area contributed by atoms with E-state index in [9.17, 15) is 17.2 Å². The second-order valence-corrected chi connectivity index (χ2v) is 7.11. The van der Waals surface area contributed by atoms with Crippen LogP contribution in [0.4, 0.5) is 14.5 Å². The lowest BCUT2D eigenvalue weighted by Gasteiger charge is -2.30. The molecule has 1 aliphatic rings. The van der Waals surface area contributed by atoms with Gasteiger partial charge in [0.15, 0.2) is 0 Å². The van der Waals surface area contributed by atoms with E-state index in [-0.39, 0.29) is 10.9 Å². The van der Waals surface area contributed by atoms with E-state index in [0.29, 0.717) is 5.69 Å². The molecule has 1 aliphatic heterocycles. The summed E-state index contributed by atoms with van der Waals surface area (Å²) in [6.07, 6.45) is 2.75. The van der Waals surface area contributed by atoms with Crippen LogP contribution in [-0.4, -0.2) is 40.4 Å². The summed E-state index contributed by atoms with van der Waals surface area (Å²) in [4.78, 5) is 1.53. The van der Waals surface area contributed by atoms with E-state index in [1.807, 2.05) is 4.90 Å². The summed E-state index contributed by atoms with van der Waals surface area (Å²) in [5, 5.41) is 3.28. The predicted molar refractivity (Wildman–Crippen MR) is 78.5 cm³/mol. The Kier molecular flexibility index (Phi) is 5.16. The van der Waals surface area contributed by atoms with Gasteiger partial charge in [0.25, 0.3) is 0 Å². The number of hydrogen-bond donors (Lipinski definition) is 1. The number of benzene rings is 1. The molecule has 7 heteroatoms. The van der Waals surface area contributed by atoms with E-state index < -0.39 is 15.6 Å². The molecule has 118 valence electrons. The van der Waals surface area contributed by atoms with Gasteiger partial charge in [-0.15, -0.1) is 0 Å². The van der Waals surface area contributed by atoms with Crippen LogP contribution in [0.15, 0.2) is 29.2 Å². The maximum Gasteiger partial charge on any atom is 0.341 e. The van der Waals surface area contributed by atoms with Gasteiger partial charge in [-0.3, -0.25) is 0 Å². The van der Waals surface area contributed by atoms with Gasteiger partial charge in [-0.25, -0.2) is 8.42 Å². The molecule has 2 rings (SSSR count). The Bertz CT molecular complexity index is 570. The van der Waals surface area contributed by atoms with E-state index in [0.717, 1.165) is 32.4 Å². The number of sulfone groups is 1. The lowest BCUT2D eigenvalue weighted by molar-refractivity contribution is 0.235. The van der Waals surface area contributed by atoms with E-state index in [4.69, 9.17) is 0 Å². The molecular weight excluding hydrogens is 298 g/mol. The highest BCUT2D eigenvalue weighted by Crippen LogP contribution is 2.31. The molecule has 1 saturated heterocycles. The average Bonchev–Trinajstić information content (AvgIpc) is 2.75. The Morgan fingerprint density at radius 3 is 2.67 bits per heavy atom. The highest BCUT2D eigenvalue weighted by atomic mass is 32.2. The molecule has 1 N–H and O–H groups in total.